The van der Waals surface area contributed by atoms with Crippen molar-refractivity contribution in [1.82, 2.24) is 39.5 Å². The normalized spacial score (nSPS) is 18.6. The fraction of sp³-hybridized carbons (Fsp3) is 0.333. The number of likely N-dealkylation sites (N-methyl/N-ethyl adjacent to an activating group) is 2. The third-order valence-electron chi connectivity index (χ3n) is 12.1. The van der Waals surface area contributed by atoms with Gasteiger partial charge in [-0.1, -0.05) is 109 Å². The number of imidazole rings is 2. The van der Waals surface area contributed by atoms with Gasteiger partial charge in [0.2, 0.25) is 0 Å². The predicted molar refractivity (Wildman–Crippen MR) is 230 cm³/mol. The quantitative estimate of drug-likeness (QED) is 0.0906. The lowest BCUT2D eigenvalue weighted by Crippen LogP contribution is -2.42. The highest BCUT2D eigenvalue weighted by molar-refractivity contribution is 5.71. The molecule has 4 heterocycles. The summed E-state index contributed by atoms with van der Waals surface area (Å²) >= 11 is 0. The minimum Gasteiger partial charge on any atom is -0.341 e. The second kappa shape index (κ2) is 18.4. The molecule has 6 aromatic rings. The number of carbonyl (C=O) groups is 2. The van der Waals surface area contributed by atoms with Crippen LogP contribution in [0.25, 0.3) is 33.6 Å². The van der Waals surface area contributed by atoms with Gasteiger partial charge in [0, 0.05) is 26.2 Å². The van der Waals surface area contributed by atoms with Gasteiger partial charge in [-0.05, 0) is 86.2 Å². The number of rotatable bonds is 17. The van der Waals surface area contributed by atoms with Crippen LogP contribution in [0.4, 0.5) is 0 Å². The van der Waals surface area contributed by atoms with Gasteiger partial charge in [0.25, 0.3) is 0 Å². The zero-order chi connectivity index (χ0) is 39.8. The molecule has 4 aromatic carbocycles. The minimum absolute atomic E-state index is 0.161. The number of aldehydes is 2. The monoisotopic (exact) mass is 774 g/mol. The molecule has 2 aliphatic heterocycles. The summed E-state index contributed by atoms with van der Waals surface area (Å²) in [4.78, 5) is 50.4. The van der Waals surface area contributed by atoms with Crippen LogP contribution in [0.3, 0.4) is 0 Å². The Kier molecular flexibility index (Phi) is 12.5. The number of nitrogens with one attached hydrogen (secondary N) is 2. The van der Waals surface area contributed by atoms with Crippen molar-refractivity contribution in [2.75, 3.05) is 40.3 Å². The zero-order valence-corrected chi connectivity index (χ0v) is 33.6. The van der Waals surface area contributed by atoms with Gasteiger partial charge < -0.3 is 19.6 Å². The maximum absolute atomic E-state index is 12.2. The SMILES string of the molecule is CN(Cc1ccccc1)C(C=O)CN1CCC[C@H]1c1ncc(-c2ccc(-c3ccc(-c4cnc([C@@H]5CCCN5CC(C=O)N(C)Cc5ccccc5)[nH]4)cc3)cc2)[nH]1. The average molecular weight is 775 g/mol. The van der Waals surface area contributed by atoms with Gasteiger partial charge in [0.15, 0.2) is 0 Å². The molecule has 0 amide bonds. The topological polar surface area (TPSA) is 104 Å². The molecule has 10 nitrogen and oxygen atoms in total. The number of aromatic nitrogens is 4. The van der Waals surface area contributed by atoms with Crippen LogP contribution in [0.5, 0.6) is 0 Å². The standard InChI is InChI=1S/C48H54N8O2/c1-53(29-35-11-5-3-6-12-35)41(33-57)31-55-25-9-15-45(55)47-49-27-43(51-47)39-21-17-37(18-22-39)38-19-23-40(24-20-38)44-28-50-48(52-44)46-16-10-26-56(46)32-42(34-58)54(2)30-36-13-7-4-8-14-36/h3-8,11-14,17-24,27-28,33-34,41-42,45-46H,9-10,15-16,25-26,29-32H2,1-2H3,(H,49,51)(H,50,52)/t41?,42?,45-,46-/m0/s1. The van der Waals surface area contributed by atoms with E-state index in [-0.39, 0.29) is 24.2 Å². The van der Waals surface area contributed by atoms with Gasteiger partial charge in [-0.2, -0.15) is 0 Å². The largest absolute Gasteiger partial charge is 0.341 e. The second-order valence-corrected chi connectivity index (χ2v) is 16.0. The van der Waals surface area contributed by atoms with E-state index in [0.717, 1.165) is 110 Å². The number of H-pyrrole nitrogens is 2. The van der Waals surface area contributed by atoms with E-state index >= 15 is 0 Å². The van der Waals surface area contributed by atoms with E-state index in [1.807, 2.05) is 62.9 Å². The lowest BCUT2D eigenvalue weighted by molar-refractivity contribution is -0.113. The summed E-state index contributed by atoms with van der Waals surface area (Å²) < 4.78 is 0. The summed E-state index contributed by atoms with van der Waals surface area (Å²) in [6.07, 6.45) is 10.2. The van der Waals surface area contributed by atoms with Crippen molar-refractivity contribution in [3.05, 3.63) is 144 Å². The molecule has 10 heteroatoms. The number of hydrogen-bond donors (Lipinski definition) is 2. The van der Waals surface area contributed by atoms with Gasteiger partial charge in [-0.15, -0.1) is 0 Å². The average Bonchev–Trinajstić information content (AvgIpc) is 4.11. The predicted octanol–water partition coefficient (Wildman–Crippen LogP) is 7.81. The lowest BCUT2D eigenvalue weighted by atomic mass is 10.0. The molecular weight excluding hydrogens is 721 g/mol. The number of benzene rings is 4. The van der Waals surface area contributed by atoms with Crippen molar-refractivity contribution >= 4 is 12.6 Å². The Morgan fingerprint density at radius 2 is 0.966 bits per heavy atom. The van der Waals surface area contributed by atoms with Crippen LogP contribution in [0.15, 0.2) is 122 Å². The van der Waals surface area contributed by atoms with E-state index < -0.39 is 0 Å². The van der Waals surface area contributed by atoms with Crippen LogP contribution in [0, 0.1) is 0 Å². The van der Waals surface area contributed by atoms with E-state index in [1.165, 1.54) is 11.1 Å². The maximum atomic E-state index is 12.2. The van der Waals surface area contributed by atoms with Gasteiger partial charge in [-0.3, -0.25) is 19.6 Å². The lowest BCUT2D eigenvalue weighted by Gasteiger charge is -2.30. The molecule has 0 spiro atoms. The first-order chi connectivity index (χ1) is 28.4. The molecule has 0 radical (unpaired) electrons. The summed E-state index contributed by atoms with van der Waals surface area (Å²) in [6, 6.07) is 37.8. The van der Waals surface area contributed by atoms with Crippen molar-refractivity contribution < 1.29 is 9.59 Å². The molecule has 2 fully saturated rings. The molecule has 298 valence electrons. The van der Waals surface area contributed by atoms with E-state index in [4.69, 9.17) is 9.97 Å². The maximum Gasteiger partial charge on any atom is 0.138 e. The summed E-state index contributed by atoms with van der Waals surface area (Å²) in [6.45, 7) is 4.73. The van der Waals surface area contributed by atoms with Crippen LogP contribution in [-0.4, -0.2) is 104 Å². The first-order valence-corrected chi connectivity index (χ1v) is 20.6. The first-order valence-electron chi connectivity index (χ1n) is 20.6. The Bertz CT molecular complexity index is 2060. The number of aromatic amines is 2. The number of carbonyl (C=O) groups excluding carboxylic acids is 2. The fourth-order valence-corrected chi connectivity index (χ4v) is 8.73. The van der Waals surface area contributed by atoms with Gasteiger partial charge in [-0.25, -0.2) is 9.97 Å². The van der Waals surface area contributed by atoms with E-state index in [1.54, 1.807) is 0 Å². The third kappa shape index (κ3) is 9.11. The minimum atomic E-state index is -0.191. The third-order valence-corrected chi connectivity index (χ3v) is 12.1. The summed E-state index contributed by atoms with van der Waals surface area (Å²) in [5.41, 5.74) is 8.86. The van der Waals surface area contributed by atoms with Crippen LogP contribution < -0.4 is 0 Å². The van der Waals surface area contributed by atoms with Crippen LogP contribution in [-0.2, 0) is 22.7 Å². The highest BCUT2D eigenvalue weighted by Gasteiger charge is 2.32. The van der Waals surface area contributed by atoms with Gasteiger partial charge >= 0.3 is 0 Å². The smallest absolute Gasteiger partial charge is 0.138 e. The molecule has 0 aliphatic carbocycles. The Hall–Kier alpha value is -5.52. The highest BCUT2D eigenvalue weighted by atomic mass is 16.1. The van der Waals surface area contributed by atoms with Crippen molar-refractivity contribution in [3.63, 3.8) is 0 Å². The van der Waals surface area contributed by atoms with Gasteiger partial charge in [0.05, 0.1) is 47.9 Å². The van der Waals surface area contributed by atoms with Crippen molar-refractivity contribution in [1.29, 1.82) is 0 Å². The molecule has 0 saturated carbocycles. The summed E-state index contributed by atoms with van der Waals surface area (Å²) in [5, 5.41) is 0. The molecule has 0 bridgehead atoms. The fourth-order valence-electron chi connectivity index (χ4n) is 8.73. The Balaban J connectivity index is 0.873. The van der Waals surface area contributed by atoms with E-state index in [2.05, 4.69) is 102 Å². The summed E-state index contributed by atoms with van der Waals surface area (Å²) in [5.74, 6) is 1.92. The molecule has 2 unspecified atom stereocenters. The zero-order valence-electron chi connectivity index (χ0n) is 33.6. The molecule has 2 N–H and O–H groups in total. The van der Waals surface area contributed by atoms with Crippen molar-refractivity contribution in [3.8, 4) is 33.6 Å². The number of hydrogen-bond acceptors (Lipinski definition) is 8. The first kappa shape index (κ1) is 39.3. The molecule has 8 rings (SSSR count). The molecule has 2 saturated heterocycles. The Morgan fingerprint density at radius 1 is 0.586 bits per heavy atom. The molecular formula is C48H54N8O2. The van der Waals surface area contributed by atoms with Crippen LogP contribution in [0.1, 0.15) is 60.5 Å². The van der Waals surface area contributed by atoms with Crippen molar-refractivity contribution in [2.24, 2.45) is 0 Å². The highest BCUT2D eigenvalue weighted by Crippen LogP contribution is 2.34. The van der Waals surface area contributed by atoms with Gasteiger partial charge in [0.1, 0.15) is 24.2 Å². The number of likely N-dealkylation sites (tertiary alicyclic amines) is 2. The van der Waals surface area contributed by atoms with Crippen molar-refractivity contribution in [2.45, 2.75) is 62.9 Å². The second-order valence-electron chi connectivity index (χ2n) is 16.0. The van der Waals surface area contributed by atoms with E-state index in [9.17, 15) is 9.59 Å². The van der Waals surface area contributed by atoms with Crippen LogP contribution >= 0.6 is 0 Å². The number of nitrogens with zero attached hydrogens (tertiary/aromatic N) is 6. The Labute approximate surface area is 341 Å². The molecule has 58 heavy (non-hydrogen) atoms. The molecule has 4 atom stereocenters. The summed E-state index contributed by atoms with van der Waals surface area (Å²) in [7, 11) is 4.06. The molecule has 2 aliphatic rings. The van der Waals surface area contributed by atoms with Crippen LogP contribution in [0.2, 0.25) is 0 Å². The molecule has 2 aromatic heterocycles. The Morgan fingerprint density at radius 3 is 1.34 bits per heavy atom. The van der Waals surface area contributed by atoms with E-state index in [0.29, 0.717) is 13.1 Å².